The standard InChI is InChI=1S/C18H22N2O3/c1-2-14-8-6-7-11-17(14)20-18(22)19-12-15(21)13-23-16-9-4-3-5-10-16/h3-11,15,21H,2,12-13H2,1H3,(H2,19,20,22). The monoisotopic (exact) mass is 314 g/mol. The van der Waals surface area contributed by atoms with Crippen LogP contribution in [-0.4, -0.2) is 30.4 Å². The summed E-state index contributed by atoms with van der Waals surface area (Å²) in [6.45, 7) is 2.27. The number of para-hydroxylation sites is 2. The number of anilines is 1. The number of rotatable bonds is 7. The molecule has 0 aliphatic heterocycles. The van der Waals surface area contributed by atoms with Crippen LogP contribution in [0.4, 0.5) is 10.5 Å². The number of aliphatic hydroxyl groups is 1. The number of hydrogen-bond donors (Lipinski definition) is 3. The first kappa shape index (κ1) is 16.8. The Hall–Kier alpha value is -2.53. The molecule has 0 bridgehead atoms. The molecule has 0 saturated carbocycles. The normalized spacial score (nSPS) is 11.6. The van der Waals surface area contributed by atoms with Crippen LogP contribution in [0.3, 0.4) is 0 Å². The average Bonchev–Trinajstić information content (AvgIpc) is 2.59. The highest BCUT2D eigenvalue weighted by Gasteiger charge is 2.09. The number of amides is 2. The summed E-state index contributed by atoms with van der Waals surface area (Å²) < 4.78 is 5.43. The number of carbonyl (C=O) groups excluding carboxylic acids is 1. The van der Waals surface area contributed by atoms with Crippen LogP contribution in [0.1, 0.15) is 12.5 Å². The Labute approximate surface area is 136 Å². The molecule has 2 amide bonds. The lowest BCUT2D eigenvalue weighted by molar-refractivity contribution is 0.108. The Kier molecular flexibility index (Phi) is 6.44. The van der Waals surface area contributed by atoms with Crippen molar-refractivity contribution in [2.75, 3.05) is 18.5 Å². The Morgan fingerprint density at radius 3 is 2.57 bits per heavy atom. The van der Waals surface area contributed by atoms with Crippen molar-refractivity contribution in [3.63, 3.8) is 0 Å². The van der Waals surface area contributed by atoms with Gasteiger partial charge in [-0.05, 0) is 30.2 Å². The first-order valence-corrected chi connectivity index (χ1v) is 7.67. The smallest absolute Gasteiger partial charge is 0.319 e. The molecule has 5 nitrogen and oxygen atoms in total. The second-order valence-corrected chi connectivity index (χ2v) is 5.12. The van der Waals surface area contributed by atoms with Gasteiger partial charge in [0, 0.05) is 12.2 Å². The number of hydrogen-bond acceptors (Lipinski definition) is 3. The zero-order chi connectivity index (χ0) is 16.5. The molecule has 5 heteroatoms. The van der Waals surface area contributed by atoms with E-state index in [1.807, 2.05) is 61.5 Å². The first-order chi connectivity index (χ1) is 11.2. The summed E-state index contributed by atoms with van der Waals surface area (Å²) in [5, 5.41) is 15.3. The van der Waals surface area contributed by atoms with E-state index in [0.717, 1.165) is 17.7 Å². The summed E-state index contributed by atoms with van der Waals surface area (Å²) in [4.78, 5) is 11.9. The van der Waals surface area contributed by atoms with Gasteiger partial charge in [-0.15, -0.1) is 0 Å². The molecular formula is C18H22N2O3. The van der Waals surface area contributed by atoms with E-state index in [4.69, 9.17) is 4.74 Å². The number of nitrogens with one attached hydrogen (secondary N) is 2. The molecule has 0 saturated heterocycles. The summed E-state index contributed by atoms with van der Waals surface area (Å²) in [6.07, 6.45) is 0.0617. The van der Waals surface area contributed by atoms with Gasteiger partial charge in [0.05, 0.1) is 0 Å². The molecule has 0 fully saturated rings. The van der Waals surface area contributed by atoms with E-state index < -0.39 is 6.10 Å². The quantitative estimate of drug-likeness (QED) is 0.736. The lowest BCUT2D eigenvalue weighted by Crippen LogP contribution is -2.37. The minimum Gasteiger partial charge on any atom is -0.491 e. The van der Waals surface area contributed by atoms with E-state index in [1.54, 1.807) is 0 Å². The highest BCUT2D eigenvalue weighted by atomic mass is 16.5. The molecule has 1 unspecified atom stereocenters. The SMILES string of the molecule is CCc1ccccc1NC(=O)NCC(O)COc1ccccc1. The van der Waals surface area contributed by atoms with Gasteiger partial charge in [0.25, 0.3) is 0 Å². The maximum absolute atomic E-state index is 11.9. The summed E-state index contributed by atoms with van der Waals surface area (Å²) in [7, 11) is 0. The third-order valence-corrected chi connectivity index (χ3v) is 3.33. The molecule has 2 aromatic rings. The van der Waals surface area contributed by atoms with Gasteiger partial charge in [-0.2, -0.15) is 0 Å². The number of ether oxygens (including phenoxy) is 1. The van der Waals surface area contributed by atoms with Crippen molar-refractivity contribution in [3.8, 4) is 5.75 Å². The van der Waals surface area contributed by atoms with E-state index in [0.29, 0.717) is 5.75 Å². The maximum Gasteiger partial charge on any atom is 0.319 e. The highest BCUT2D eigenvalue weighted by Crippen LogP contribution is 2.15. The molecule has 23 heavy (non-hydrogen) atoms. The zero-order valence-corrected chi connectivity index (χ0v) is 13.2. The van der Waals surface area contributed by atoms with Crippen LogP contribution in [0.15, 0.2) is 54.6 Å². The minimum absolute atomic E-state index is 0.118. The molecule has 2 rings (SSSR count). The molecular weight excluding hydrogens is 292 g/mol. The molecule has 0 aromatic heterocycles. The van der Waals surface area contributed by atoms with Gasteiger partial charge in [-0.25, -0.2) is 4.79 Å². The van der Waals surface area contributed by atoms with Gasteiger partial charge >= 0.3 is 6.03 Å². The van der Waals surface area contributed by atoms with Crippen LogP contribution < -0.4 is 15.4 Å². The van der Waals surface area contributed by atoms with Gasteiger partial charge in [0.2, 0.25) is 0 Å². The minimum atomic E-state index is -0.776. The third kappa shape index (κ3) is 5.64. The van der Waals surface area contributed by atoms with Crippen LogP contribution in [0.2, 0.25) is 0 Å². The molecule has 2 aromatic carbocycles. The van der Waals surface area contributed by atoms with Gasteiger partial charge in [-0.3, -0.25) is 0 Å². The second kappa shape index (κ2) is 8.80. The molecule has 0 spiro atoms. The summed E-state index contributed by atoms with van der Waals surface area (Å²) in [5.41, 5.74) is 1.85. The Bertz CT molecular complexity index is 617. The third-order valence-electron chi connectivity index (χ3n) is 3.33. The van der Waals surface area contributed by atoms with Crippen molar-refractivity contribution in [1.82, 2.24) is 5.32 Å². The van der Waals surface area contributed by atoms with E-state index >= 15 is 0 Å². The van der Waals surface area contributed by atoms with Crippen molar-refractivity contribution in [3.05, 3.63) is 60.2 Å². The molecule has 3 N–H and O–H groups in total. The number of urea groups is 1. The van der Waals surface area contributed by atoms with Crippen LogP contribution in [0.25, 0.3) is 0 Å². The topological polar surface area (TPSA) is 70.6 Å². The summed E-state index contributed by atoms with van der Waals surface area (Å²) in [6, 6.07) is 16.5. The lowest BCUT2D eigenvalue weighted by atomic mass is 10.1. The highest BCUT2D eigenvalue weighted by molar-refractivity contribution is 5.90. The first-order valence-electron chi connectivity index (χ1n) is 7.67. The molecule has 0 aliphatic rings. The van der Waals surface area contributed by atoms with Gasteiger partial charge in [0.1, 0.15) is 18.5 Å². The Balaban J connectivity index is 1.73. The van der Waals surface area contributed by atoms with Crippen LogP contribution in [0.5, 0.6) is 5.75 Å². The predicted octanol–water partition coefficient (Wildman–Crippen LogP) is 2.81. The van der Waals surface area contributed by atoms with Crippen molar-refractivity contribution < 1.29 is 14.6 Å². The van der Waals surface area contributed by atoms with Gasteiger partial charge in [0.15, 0.2) is 0 Å². The fourth-order valence-corrected chi connectivity index (χ4v) is 2.10. The fraction of sp³-hybridized carbons (Fsp3) is 0.278. The summed E-state index contributed by atoms with van der Waals surface area (Å²) in [5.74, 6) is 0.688. The molecule has 122 valence electrons. The number of benzene rings is 2. The Morgan fingerprint density at radius 1 is 1.13 bits per heavy atom. The van der Waals surface area contributed by atoms with E-state index in [2.05, 4.69) is 10.6 Å². The van der Waals surface area contributed by atoms with Crippen LogP contribution >= 0.6 is 0 Å². The second-order valence-electron chi connectivity index (χ2n) is 5.12. The van der Waals surface area contributed by atoms with Gasteiger partial charge < -0.3 is 20.5 Å². The van der Waals surface area contributed by atoms with Crippen LogP contribution in [0, 0.1) is 0 Å². The van der Waals surface area contributed by atoms with E-state index in [1.165, 1.54) is 0 Å². The largest absolute Gasteiger partial charge is 0.491 e. The zero-order valence-electron chi connectivity index (χ0n) is 13.2. The lowest BCUT2D eigenvalue weighted by Gasteiger charge is -2.14. The maximum atomic E-state index is 11.9. The number of aliphatic hydroxyl groups excluding tert-OH is 1. The number of aryl methyl sites for hydroxylation is 1. The van der Waals surface area contributed by atoms with Crippen molar-refractivity contribution in [1.29, 1.82) is 0 Å². The molecule has 0 aliphatic carbocycles. The molecule has 0 radical (unpaired) electrons. The molecule has 1 atom stereocenters. The van der Waals surface area contributed by atoms with Crippen molar-refractivity contribution >= 4 is 11.7 Å². The van der Waals surface area contributed by atoms with Crippen molar-refractivity contribution in [2.24, 2.45) is 0 Å². The average molecular weight is 314 g/mol. The fourth-order valence-electron chi connectivity index (χ4n) is 2.10. The van der Waals surface area contributed by atoms with E-state index in [9.17, 15) is 9.90 Å². The molecule has 0 heterocycles. The van der Waals surface area contributed by atoms with Crippen LogP contribution in [-0.2, 0) is 6.42 Å². The van der Waals surface area contributed by atoms with Gasteiger partial charge in [-0.1, -0.05) is 43.3 Å². The Morgan fingerprint density at radius 2 is 1.83 bits per heavy atom. The van der Waals surface area contributed by atoms with Crippen molar-refractivity contribution in [2.45, 2.75) is 19.4 Å². The van der Waals surface area contributed by atoms with E-state index in [-0.39, 0.29) is 19.2 Å². The summed E-state index contributed by atoms with van der Waals surface area (Å²) >= 11 is 0. The predicted molar refractivity (Wildman–Crippen MR) is 90.8 cm³/mol. The number of carbonyl (C=O) groups is 1.